The number of methoxy groups -OCH3 is 2. The van der Waals surface area contributed by atoms with Crippen molar-refractivity contribution in [1.82, 2.24) is 10.2 Å². The molecule has 0 saturated heterocycles. The van der Waals surface area contributed by atoms with Gasteiger partial charge in [0.1, 0.15) is 0 Å². The largest absolute Gasteiger partial charge is 0.383 e. The van der Waals surface area contributed by atoms with Crippen molar-refractivity contribution in [3.8, 4) is 0 Å². The SMILES string of the molecule is COCCN(c1ccc(CCl)nn1)C(C)COC. The normalized spacial score (nSPS) is 12.4. The first-order chi connectivity index (χ1) is 8.72. The standard InChI is InChI=1S/C12H20ClN3O2/c1-10(9-18-3)16(6-7-17-2)12-5-4-11(8-13)14-15-12/h4-5,10H,6-9H2,1-3H3. The molecule has 1 aromatic heterocycles. The van der Waals surface area contributed by atoms with Gasteiger partial charge in [0.05, 0.1) is 30.8 Å². The molecule has 0 fully saturated rings. The van der Waals surface area contributed by atoms with E-state index in [1.807, 2.05) is 12.1 Å². The summed E-state index contributed by atoms with van der Waals surface area (Å²) in [6.45, 7) is 4.09. The molecule has 1 unspecified atom stereocenters. The van der Waals surface area contributed by atoms with Crippen molar-refractivity contribution in [2.75, 3.05) is 38.9 Å². The number of halogens is 1. The predicted molar refractivity (Wildman–Crippen MR) is 72.1 cm³/mol. The van der Waals surface area contributed by atoms with Crippen LogP contribution in [-0.4, -0.2) is 50.2 Å². The minimum atomic E-state index is 0.210. The minimum Gasteiger partial charge on any atom is -0.383 e. The lowest BCUT2D eigenvalue weighted by Crippen LogP contribution is -2.39. The third-order valence-corrected chi connectivity index (χ3v) is 2.89. The molecule has 0 saturated carbocycles. The van der Waals surface area contributed by atoms with Gasteiger partial charge >= 0.3 is 0 Å². The van der Waals surface area contributed by atoms with Crippen molar-refractivity contribution in [1.29, 1.82) is 0 Å². The maximum Gasteiger partial charge on any atom is 0.151 e. The molecule has 102 valence electrons. The third-order valence-electron chi connectivity index (χ3n) is 2.61. The summed E-state index contributed by atoms with van der Waals surface area (Å²) in [6.07, 6.45) is 0. The molecule has 5 nitrogen and oxygen atoms in total. The lowest BCUT2D eigenvalue weighted by atomic mass is 10.3. The van der Waals surface area contributed by atoms with Gasteiger partial charge in [0.2, 0.25) is 0 Å². The van der Waals surface area contributed by atoms with Crippen LogP contribution in [0.1, 0.15) is 12.6 Å². The smallest absolute Gasteiger partial charge is 0.151 e. The molecular weight excluding hydrogens is 254 g/mol. The summed E-state index contributed by atoms with van der Waals surface area (Å²) in [4.78, 5) is 2.11. The minimum absolute atomic E-state index is 0.210. The van der Waals surface area contributed by atoms with Gasteiger partial charge in [-0.2, -0.15) is 5.10 Å². The average molecular weight is 274 g/mol. The van der Waals surface area contributed by atoms with Crippen molar-refractivity contribution in [2.45, 2.75) is 18.8 Å². The van der Waals surface area contributed by atoms with E-state index in [0.717, 1.165) is 18.1 Å². The monoisotopic (exact) mass is 273 g/mol. The van der Waals surface area contributed by atoms with E-state index in [0.29, 0.717) is 19.1 Å². The number of hydrogen-bond acceptors (Lipinski definition) is 5. The number of nitrogens with zero attached hydrogens (tertiary/aromatic N) is 3. The zero-order chi connectivity index (χ0) is 13.4. The van der Waals surface area contributed by atoms with E-state index in [9.17, 15) is 0 Å². The van der Waals surface area contributed by atoms with Crippen LogP contribution in [0.2, 0.25) is 0 Å². The second-order valence-electron chi connectivity index (χ2n) is 4.01. The summed E-state index contributed by atoms with van der Waals surface area (Å²) in [5, 5.41) is 8.25. The Morgan fingerprint density at radius 1 is 1.28 bits per heavy atom. The Balaban J connectivity index is 2.79. The maximum atomic E-state index is 5.70. The van der Waals surface area contributed by atoms with Gasteiger partial charge in [-0.3, -0.25) is 0 Å². The van der Waals surface area contributed by atoms with Crippen LogP contribution in [0.15, 0.2) is 12.1 Å². The highest BCUT2D eigenvalue weighted by molar-refractivity contribution is 6.16. The molecule has 1 aromatic rings. The van der Waals surface area contributed by atoms with Crippen molar-refractivity contribution in [3.05, 3.63) is 17.8 Å². The molecule has 0 aromatic carbocycles. The number of rotatable bonds is 8. The van der Waals surface area contributed by atoms with Gasteiger partial charge in [-0.05, 0) is 19.1 Å². The lowest BCUT2D eigenvalue weighted by Gasteiger charge is -2.29. The van der Waals surface area contributed by atoms with E-state index < -0.39 is 0 Å². The van der Waals surface area contributed by atoms with Crippen LogP contribution in [0.4, 0.5) is 5.82 Å². The Morgan fingerprint density at radius 2 is 2.06 bits per heavy atom. The Kier molecular flexibility index (Phi) is 6.93. The Hall–Kier alpha value is -0.910. The summed E-state index contributed by atoms with van der Waals surface area (Å²) in [5.74, 6) is 1.18. The molecule has 1 heterocycles. The van der Waals surface area contributed by atoms with E-state index in [1.165, 1.54) is 0 Å². The van der Waals surface area contributed by atoms with Gasteiger partial charge < -0.3 is 14.4 Å². The van der Waals surface area contributed by atoms with Gasteiger partial charge in [-0.15, -0.1) is 16.7 Å². The molecule has 0 aliphatic heterocycles. The molecule has 0 amide bonds. The quantitative estimate of drug-likeness (QED) is 0.675. The summed E-state index contributed by atoms with van der Waals surface area (Å²) < 4.78 is 10.3. The second-order valence-corrected chi connectivity index (χ2v) is 4.27. The van der Waals surface area contributed by atoms with Crippen LogP contribution in [0.5, 0.6) is 0 Å². The van der Waals surface area contributed by atoms with Gasteiger partial charge in [0.25, 0.3) is 0 Å². The van der Waals surface area contributed by atoms with Crippen LogP contribution in [-0.2, 0) is 15.4 Å². The Labute approximate surface area is 113 Å². The Bertz CT molecular complexity index is 335. The van der Waals surface area contributed by atoms with Crippen molar-refractivity contribution in [2.24, 2.45) is 0 Å². The predicted octanol–water partition coefficient (Wildman–Crippen LogP) is 1.70. The summed E-state index contributed by atoms with van der Waals surface area (Å²) >= 11 is 5.70. The van der Waals surface area contributed by atoms with Crippen LogP contribution >= 0.6 is 11.6 Å². The zero-order valence-electron chi connectivity index (χ0n) is 11.1. The molecular formula is C12H20ClN3O2. The van der Waals surface area contributed by atoms with Crippen LogP contribution in [0.3, 0.4) is 0 Å². The van der Waals surface area contributed by atoms with Crippen molar-refractivity contribution in [3.63, 3.8) is 0 Å². The van der Waals surface area contributed by atoms with E-state index in [4.69, 9.17) is 21.1 Å². The first kappa shape index (κ1) is 15.1. The fourth-order valence-electron chi connectivity index (χ4n) is 1.66. The van der Waals surface area contributed by atoms with Gasteiger partial charge in [0.15, 0.2) is 5.82 Å². The van der Waals surface area contributed by atoms with Crippen LogP contribution in [0, 0.1) is 0 Å². The zero-order valence-corrected chi connectivity index (χ0v) is 11.9. The van der Waals surface area contributed by atoms with Crippen LogP contribution in [0.25, 0.3) is 0 Å². The highest BCUT2D eigenvalue weighted by Crippen LogP contribution is 2.14. The molecule has 1 atom stereocenters. The van der Waals surface area contributed by atoms with Crippen LogP contribution < -0.4 is 4.90 Å². The van der Waals surface area contributed by atoms with Gasteiger partial charge in [0, 0.05) is 20.8 Å². The molecule has 0 aliphatic carbocycles. The highest BCUT2D eigenvalue weighted by atomic mass is 35.5. The first-order valence-corrected chi connectivity index (χ1v) is 6.39. The molecule has 0 radical (unpaired) electrons. The van der Waals surface area contributed by atoms with E-state index >= 15 is 0 Å². The number of alkyl halides is 1. The van der Waals surface area contributed by atoms with E-state index in [-0.39, 0.29) is 6.04 Å². The third kappa shape index (κ3) is 4.40. The molecule has 18 heavy (non-hydrogen) atoms. The van der Waals surface area contributed by atoms with Gasteiger partial charge in [-0.1, -0.05) is 0 Å². The first-order valence-electron chi connectivity index (χ1n) is 5.86. The molecule has 0 N–H and O–H groups in total. The van der Waals surface area contributed by atoms with Crippen molar-refractivity contribution >= 4 is 17.4 Å². The molecule has 6 heteroatoms. The molecule has 0 aliphatic rings. The molecule has 0 spiro atoms. The average Bonchev–Trinajstić information content (AvgIpc) is 2.40. The maximum absolute atomic E-state index is 5.70. The fraction of sp³-hybridized carbons (Fsp3) is 0.667. The number of anilines is 1. The van der Waals surface area contributed by atoms with E-state index in [1.54, 1.807) is 14.2 Å². The second kappa shape index (κ2) is 8.24. The number of hydrogen-bond donors (Lipinski definition) is 0. The highest BCUT2D eigenvalue weighted by Gasteiger charge is 2.15. The molecule has 0 bridgehead atoms. The lowest BCUT2D eigenvalue weighted by molar-refractivity contribution is 0.170. The Morgan fingerprint density at radius 3 is 2.56 bits per heavy atom. The topological polar surface area (TPSA) is 47.5 Å². The molecule has 1 rings (SSSR count). The number of aromatic nitrogens is 2. The summed E-state index contributed by atoms with van der Waals surface area (Å²) in [7, 11) is 3.37. The fourth-order valence-corrected chi connectivity index (χ4v) is 1.80. The summed E-state index contributed by atoms with van der Waals surface area (Å²) in [5.41, 5.74) is 0.770. The summed E-state index contributed by atoms with van der Waals surface area (Å²) in [6, 6.07) is 4.02. The number of ether oxygens (including phenoxy) is 2. The van der Waals surface area contributed by atoms with Crippen molar-refractivity contribution < 1.29 is 9.47 Å². The van der Waals surface area contributed by atoms with E-state index in [2.05, 4.69) is 22.0 Å². The van der Waals surface area contributed by atoms with Gasteiger partial charge in [-0.25, -0.2) is 0 Å².